The molecular formula is C14H13ClN2OS. The van der Waals surface area contributed by atoms with Gasteiger partial charge < -0.3 is 5.32 Å². The van der Waals surface area contributed by atoms with Crippen LogP contribution in [-0.2, 0) is 0 Å². The van der Waals surface area contributed by atoms with Crippen molar-refractivity contribution >= 4 is 29.3 Å². The molecule has 2 aromatic rings. The lowest BCUT2D eigenvalue weighted by Gasteiger charge is -2.06. The first-order valence-electron chi connectivity index (χ1n) is 5.83. The fourth-order valence-corrected chi connectivity index (χ4v) is 2.50. The van der Waals surface area contributed by atoms with E-state index in [9.17, 15) is 4.79 Å². The lowest BCUT2D eigenvalue weighted by Crippen LogP contribution is -2.26. The number of hydrogen-bond acceptors (Lipinski definition) is 3. The maximum absolute atomic E-state index is 11.8. The number of thioether (sulfide) groups is 1. The van der Waals surface area contributed by atoms with Gasteiger partial charge in [-0.05, 0) is 18.2 Å². The summed E-state index contributed by atoms with van der Waals surface area (Å²) in [6, 6.07) is 11.7. The quantitative estimate of drug-likeness (QED) is 0.679. The Hall–Kier alpha value is -1.52. The lowest BCUT2D eigenvalue weighted by atomic mass is 10.2. The van der Waals surface area contributed by atoms with E-state index in [-0.39, 0.29) is 5.91 Å². The molecule has 0 saturated heterocycles. The Kier molecular flexibility index (Phi) is 5.24. The van der Waals surface area contributed by atoms with E-state index in [4.69, 9.17) is 11.6 Å². The van der Waals surface area contributed by atoms with Gasteiger partial charge in [0.2, 0.25) is 0 Å². The van der Waals surface area contributed by atoms with E-state index in [1.165, 1.54) is 11.1 Å². The molecule has 1 aromatic carbocycles. The Morgan fingerprint density at radius 1 is 1.26 bits per heavy atom. The highest BCUT2D eigenvalue weighted by molar-refractivity contribution is 7.99. The Balaban J connectivity index is 1.77. The summed E-state index contributed by atoms with van der Waals surface area (Å²) in [5, 5.41) is 3.21. The van der Waals surface area contributed by atoms with E-state index < -0.39 is 0 Å². The number of nitrogens with one attached hydrogen (secondary N) is 1. The summed E-state index contributed by atoms with van der Waals surface area (Å²) in [7, 11) is 0. The van der Waals surface area contributed by atoms with Crippen molar-refractivity contribution in [2.75, 3.05) is 12.3 Å². The number of nitrogens with zero attached hydrogens (tertiary/aromatic N) is 1. The standard InChI is InChI=1S/C14H13ClN2OS/c15-13-10-16-7-6-12(13)14(18)17-8-9-19-11-4-2-1-3-5-11/h1-7,10H,8-9H2,(H,17,18). The fraction of sp³-hybridized carbons (Fsp3) is 0.143. The number of amides is 1. The smallest absolute Gasteiger partial charge is 0.252 e. The summed E-state index contributed by atoms with van der Waals surface area (Å²) in [6.45, 7) is 0.594. The van der Waals surface area contributed by atoms with Crippen molar-refractivity contribution in [1.82, 2.24) is 10.3 Å². The molecule has 5 heteroatoms. The number of halogens is 1. The van der Waals surface area contributed by atoms with E-state index in [1.807, 2.05) is 30.3 Å². The van der Waals surface area contributed by atoms with Gasteiger partial charge in [0.05, 0.1) is 10.6 Å². The molecule has 0 aliphatic carbocycles. The molecule has 1 N–H and O–H groups in total. The molecule has 1 amide bonds. The first-order chi connectivity index (χ1) is 9.27. The van der Waals surface area contributed by atoms with Crippen molar-refractivity contribution < 1.29 is 4.79 Å². The maximum Gasteiger partial charge on any atom is 0.252 e. The third-order valence-corrected chi connectivity index (χ3v) is 3.73. The molecule has 0 radical (unpaired) electrons. The monoisotopic (exact) mass is 292 g/mol. The lowest BCUT2D eigenvalue weighted by molar-refractivity contribution is 0.0956. The first-order valence-corrected chi connectivity index (χ1v) is 7.19. The number of hydrogen-bond donors (Lipinski definition) is 1. The van der Waals surface area contributed by atoms with Crippen molar-refractivity contribution in [2.45, 2.75) is 4.90 Å². The van der Waals surface area contributed by atoms with Gasteiger partial charge in [0.25, 0.3) is 5.91 Å². The normalized spacial score (nSPS) is 10.2. The zero-order valence-corrected chi connectivity index (χ0v) is 11.7. The number of benzene rings is 1. The van der Waals surface area contributed by atoms with Gasteiger partial charge in [-0.1, -0.05) is 29.8 Å². The summed E-state index contributed by atoms with van der Waals surface area (Å²) in [6.07, 6.45) is 3.02. The Morgan fingerprint density at radius 2 is 2.05 bits per heavy atom. The van der Waals surface area contributed by atoms with Crippen LogP contribution in [0.2, 0.25) is 5.02 Å². The van der Waals surface area contributed by atoms with E-state index >= 15 is 0 Å². The highest BCUT2D eigenvalue weighted by Gasteiger charge is 2.08. The van der Waals surface area contributed by atoms with Crippen LogP contribution in [0.15, 0.2) is 53.7 Å². The van der Waals surface area contributed by atoms with Gasteiger partial charge in [-0.2, -0.15) is 0 Å². The van der Waals surface area contributed by atoms with Crippen LogP contribution < -0.4 is 5.32 Å². The van der Waals surface area contributed by atoms with E-state index in [0.717, 1.165) is 5.75 Å². The number of pyridine rings is 1. The van der Waals surface area contributed by atoms with E-state index in [1.54, 1.807) is 24.0 Å². The zero-order chi connectivity index (χ0) is 13.5. The van der Waals surface area contributed by atoms with Crippen LogP contribution in [0.5, 0.6) is 0 Å². The van der Waals surface area contributed by atoms with Gasteiger partial charge in [-0.3, -0.25) is 9.78 Å². The second-order valence-corrected chi connectivity index (χ2v) is 5.35. The second kappa shape index (κ2) is 7.16. The first kappa shape index (κ1) is 13.9. The number of rotatable bonds is 5. The predicted molar refractivity (Wildman–Crippen MR) is 78.7 cm³/mol. The minimum Gasteiger partial charge on any atom is -0.351 e. The van der Waals surface area contributed by atoms with E-state index in [0.29, 0.717) is 17.1 Å². The topological polar surface area (TPSA) is 42.0 Å². The SMILES string of the molecule is O=C(NCCSc1ccccc1)c1ccncc1Cl. The third-order valence-electron chi connectivity index (χ3n) is 2.42. The average molecular weight is 293 g/mol. The molecule has 2 rings (SSSR count). The number of carbonyl (C=O) groups excluding carboxylic acids is 1. The molecule has 0 aliphatic rings. The summed E-state index contributed by atoms with van der Waals surface area (Å²) >= 11 is 7.60. The summed E-state index contributed by atoms with van der Waals surface area (Å²) < 4.78 is 0. The predicted octanol–water partition coefficient (Wildman–Crippen LogP) is 3.26. The van der Waals surface area contributed by atoms with Gasteiger partial charge in [0.1, 0.15) is 0 Å². The minimum absolute atomic E-state index is 0.166. The number of carbonyl (C=O) groups is 1. The number of aromatic nitrogens is 1. The van der Waals surface area contributed by atoms with Crippen LogP contribution in [0.25, 0.3) is 0 Å². The average Bonchev–Trinajstić information content (AvgIpc) is 2.45. The molecule has 0 spiro atoms. The van der Waals surface area contributed by atoms with Gasteiger partial charge >= 0.3 is 0 Å². The molecular weight excluding hydrogens is 280 g/mol. The fourth-order valence-electron chi connectivity index (χ4n) is 1.50. The van der Waals surface area contributed by atoms with Gasteiger partial charge in [-0.15, -0.1) is 11.8 Å². The molecule has 0 fully saturated rings. The van der Waals surface area contributed by atoms with E-state index in [2.05, 4.69) is 10.3 Å². The highest BCUT2D eigenvalue weighted by Crippen LogP contribution is 2.16. The maximum atomic E-state index is 11.8. The Bertz CT molecular complexity index is 548. The van der Waals surface area contributed by atoms with Crippen molar-refractivity contribution in [3.63, 3.8) is 0 Å². The van der Waals surface area contributed by atoms with Crippen LogP contribution in [0.4, 0.5) is 0 Å². The Labute approximate surface area is 121 Å². The van der Waals surface area contributed by atoms with Crippen LogP contribution in [-0.4, -0.2) is 23.2 Å². The molecule has 0 bridgehead atoms. The van der Waals surface area contributed by atoms with Crippen LogP contribution in [0.3, 0.4) is 0 Å². The van der Waals surface area contributed by atoms with Gasteiger partial charge in [-0.25, -0.2) is 0 Å². The second-order valence-electron chi connectivity index (χ2n) is 3.77. The Morgan fingerprint density at radius 3 is 2.79 bits per heavy atom. The van der Waals surface area contributed by atoms with Gasteiger partial charge in [0.15, 0.2) is 0 Å². The van der Waals surface area contributed by atoms with Crippen LogP contribution in [0.1, 0.15) is 10.4 Å². The molecule has 0 unspecified atom stereocenters. The van der Waals surface area contributed by atoms with Crippen LogP contribution in [0, 0.1) is 0 Å². The van der Waals surface area contributed by atoms with Crippen molar-refractivity contribution in [3.05, 3.63) is 59.4 Å². The molecule has 1 heterocycles. The largest absolute Gasteiger partial charge is 0.351 e. The molecule has 0 atom stereocenters. The third kappa shape index (κ3) is 4.26. The summed E-state index contributed by atoms with van der Waals surface area (Å²) in [5.41, 5.74) is 0.460. The van der Waals surface area contributed by atoms with Crippen molar-refractivity contribution in [2.24, 2.45) is 0 Å². The van der Waals surface area contributed by atoms with Crippen molar-refractivity contribution in [3.8, 4) is 0 Å². The molecule has 0 aliphatic heterocycles. The zero-order valence-electron chi connectivity index (χ0n) is 10.2. The molecule has 1 aromatic heterocycles. The van der Waals surface area contributed by atoms with Crippen LogP contribution >= 0.6 is 23.4 Å². The summed E-state index contributed by atoms with van der Waals surface area (Å²) in [4.78, 5) is 16.9. The summed E-state index contributed by atoms with van der Waals surface area (Å²) in [5.74, 6) is 0.652. The van der Waals surface area contributed by atoms with Crippen molar-refractivity contribution in [1.29, 1.82) is 0 Å². The highest BCUT2D eigenvalue weighted by atomic mass is 35.5. The molecule has 19 heavy (non-hydrogen) atoms. The molecule has 0 saturated carbocycles. The minimum atomic E-state index is -0.166. The molecule has 98 valence electrons. The molecule has 3 nitrogen and oxygen atoms in total. The van der Waals surface area contributed by atoms with Gasteiger partial charge in [0, 0.05) is 29.6 Å².